The molecule has 18 heavy (non-hydrogen) atoms. The highest BCUT2D eigenvalue weighted by Crippen LogP contribution is 2.37. The molecular formula is C13H14FNO3. The summed E-state index contributed by atoms with van der Waals surface area (Å²) in [6.07, 6.45) is 2.12. The molecule has 0 saturated heterocycles. The van der Waals surface area contributed by atoms with Gasteiger partial charge in [-0.3, -0.25) is 4.79 Å². The number of carboxylic acid groups (broad SMARTS) is 1. The van der Waals surface area contributed by atoms with Gasteiger partial charge in [0.25, 0.3) is 0 Å². The van der Waals surface area contributed by atoms with Gasteiger partial charge in [0.05, 0.1) is 0 Å². The zero-order valence-corrected chi connectivity index (χ0v) is 9.97. The fourth-order valence-electron chi connectivity index (χ4n) is 2.08. The zero-order valence-electron chi connectivity index (χ0n) is 9.97. The highest BCUT2D eigenvalue weighted by atomic mass is 19.1. The van der Waals surface area contributed by atoms with Gasteiger partial charge in [-0.2, -0.15) is 0 Å². The molecule has 1 aromatic carbocycles. The van der Waals surface area contributed by atoms with Gasteiger partial charge in [0, 0.05) is 6.04 Å². The van der Waals surface area contributed by atoms with E-state index in [0.29, 0.717) is 6.41 Å². The number of amides is 1. The van der Waals surface area contributed by atoms with E-state index in [1.165, 1.54) is 30.0 Å². The Kier molecular flexibility index (Phi) is 3.07. The Hall–Kier alpha value is -1.91. The third-order valence-electron chi connectivity index (χ3n) is 3.37. The van der Waals surface area contributed by atoms with Gasteiger partial charge < -0.3 is 10.0 Å². The van der Waals surface area contributed by atoms with Gasteiger partial charge in [0.2, 0.25) is 6.41 Å². The van der Waals surface area contributed by atoms with Crippen LogP contribution in [-0.2, 0) is 15.1 Å². The zero-order chi connectivity index (χ0) is 13.3. The molecule has 1 saturated carbocycles. The number of carboxylic acids is 1. The van der Waals surface area contributed by atoms with Gasteiger partial charge in [-0.15, -0.1) is 0 Å². The number of carbonyl (C=O) groups is 2. The molecule has 96 valence electrons. The SMILES string of the molecule is CC(C(=O)O)(c1cccc(F)c1)N(C=O)C1CC1. The van der Waals surface area contributed by atoms with Crippen LogP contribution in [0, 0.1) is 5.82 Å². The van der Waals surface area contributed by atoms with Gasteiger partial charge in [-0.1, -0.05) is 12.1 Å². The van der Waals surface area contributed by atoms with Crippen molar-refractivity contribution in [3.8, 4) is 0 Å². The van der Waals surface area contributed by atoms with Crippen LogP contribution >= 0.6 is 0 Å². The minimum absolute atomic E-state index is 0.0631. The first kappa shape index (κ1) is 12.5. The molecular weight excluding hydrogens is 237 g/mol. The Labute approximate surface area is 104 Å². The Bertz CT molecular complexity index is 487. The standard InChI is InChI=1S/C13H14FNO3/c1-13(12(17)18,15(8-16)11-5-6-11)9-3-2-4-10(14)7-9/h2-4,7-8,11H,5-6H2,1H3,(H,17,18). The Morgan fingerprint density at radius 1 is 1.56 bits per heavy atom. The lowest BCUT2D eigenvalue weighted by Gasteiger charge is -2.35. The number of halogens is 1. The first-order chi connectivity index (χ1) is 8.50. The number of hydrogen-bond donors (Lipinski definition) is 1. The van der Waals surface area contributed by atoms with Gasteiger partial charge in [-0.05, 0) is 37.5 Å². The van der Waals surface area contributed by atoms with E-state index >= 15 is 0 Å². The van der Waals surface area contributed by atoms with E-state index in [-0.39, 0.29) is 11.6 Å². The molecule has 1 aromatic rings. The largest absolute Gasteiger partial charge is 0.479 e. The topological polar surface area (TPSA) is 57.6 Å². The van der Waals surface area contributed by atoms with Gasteiger partial charge in [-0.25, -0.2) is 9.18 Å². The van der Waals surface area contributed by atoms with E-state index in [1.54, 1.807) is 0 Å². The number of rotatable bonds is 5. The summed E-state index contributed by atoms with van der Waals surface area (Å²) in [4.78, 5) is 24.0. The minimum atomic E-state index is -1.52. The molecule has 1 N–H and O–H groups in total. The third kappa shape index (κ3) is 1.96. The van der Waals surface area contributed by atoms with Crippen molar-refractivity contribution in [1.29, 1.82) is 0 Å². The van der Waals surface area contributed by atoms with Crippen LogP contribution < -0.4 is 0 Å². The van der Waals surface area contributed by atoms with Crippen molar-refractivity contribution in [2.24, 2.45) is 0 Å². The highest BCUT2D eigenvalue weighted by molar-refractivity contribution is 5.83. The quantitative estimate of drug-likeness (QED) is 0.811. The first-order valence-corrected chi connectivity index (χ1v) is 5.73. The molecule has 5 heteroatoms. The summed E-state index contributed by atoms with van der Waals surface area (Å²) in [5, 5.41) is 9.43. The lowest BCUT2D eigenvalue weighted by Crippen LogP contribution is -2.50. The van der Waals surface area contributed by atoms with E-state index in [9.17, 15) is 19.1 Å². The summed E-state index contributed by atoms with van der Waals surface area (Å²) < 4.78 is 13.2. The number of carbonyl (C=O) groups excluding carboxylic acids is 1. The predicted octanol–water partition coefficient (Wildman–Crippen LogP) is 1.75. The van der Waals surface area contributed by atoms with Crippen LogP contribution in [0.4, 0.5) is 4.39 Å². The fourth-order valence-corrected chi connectivity index (χ4v) is 2.08. The van der Waals surface area contributed by atoms with Crippen LogP contribution in [0.1, 0.15) is 25.3 Å². The van der Waals surface area contributed by atoms with E-state index < -0.39 is 17.3 Å². The summed E-state index contributed by atoms with van der Waals surface area (Å²) in [5.74, 6) is -1.67. The number of hydrogen-bond acceptors (Lipinski definition) is 2. The van der Waals surface area contributed by atoms with Crippen molar-refractivity contribution in [1.82, 2.24) is 4.90 Å². The minimum Gasteiger partial charge on any atom is -0.479 e. The molecule has 1 fully saturated rings. The number of benzene rings is 1. The molecule has 4 nitrogen and oxygen atoms in total. The van der Waals surface area contributed by atoms with E-state index in [2.05, 4.69) is 0 Å². The molecule has 0 spiro atoms. The van der Waals surface area contributed by atoms with Crippen molar-refractivity contribution < 1.29 is 19.1 Å². The number of aliphatic carboxylic acids is 1. The van der Waals surface area contributed by atoms with Gasteiger partial charge in [0.15, 0.2) is 5.54 Å². The maximum Gasteiger partial charge on any atom is 0.334 e. The third-order valence-corrected chi connectivity index (χ3v) is 3.37. The molecule has 1 aliphatic rings. The second-order valence-electron chi connectivity index (χ2n) is 4.63. The van der Waals surface area contributed by atoms with Crippen molar-refractivity contribution in [2.75, 3.05) is 0 Å². The molecule has 0 aliphatic heterocycles. The molecule has 1 atom stereocenters. The molecule has 1 amide bonds. The second-order valence-corrected chi connectivity index (χ2v) is 4.63. The van der Waals surface area contributed by atoms with Crippen molar-refractivity contribution in [2.45, 2.75) is 31.3 Å². The molecule has 1 aliphatic carbocycles. The van der Waals surface area contributed by atoms with Crippen LogP contribution in [0.5, 0.6) is 0 Å². The normalized spacial score (nSPS) is 17.9. The van der Waals surface area contributed by atoms with Gasteiger partial charge in [0.1, 0.15) is 5.82 Å². The summed E-state index contributed by atoms with van der Waals surface area (Å²) >= 11 is 0. The molecule has 0 aromatic heterocycles. The Morgan fingerprint density at radius 3 is 2.67 bits per heavy atom. The first-order valence-electron chi connectivity index (χ1n) is 5.73. The summed E-state index contributed by atoms with van der Waals surface area (Å²) in [6.45, 7) is 1.43. The van der Waals surface area contributed by atoms with Crippen LogP contribution in [-0.4, -0.2) is 28.4 Å². The average molecular weight is 251 g/mol. The van der Waals surface area contributed by atoms with Crippen molar-refractivity contribution in [3.05, 3.63) is 35.6 Å². The summed E-state index contributed by atoms with van der Waals surface area (Å²) in [5.41, 5.74) is -1.25. The smallest absolute Gasteiger partial charge is 0.334 e. The Balaban J connectivity index is 2.49. The highest BCUT2D eigenvalue weighted by Gasteiger charge is 2.47. The average Bonchev–Trinajstić information content (AvgIpc) is 3.13. The van der Waals surface area contributed by atoms with Crippen LogP contribution in [0.25, 0.3) is 0 Å². The van der Waals surface area contributed by atoms with E-state index in [4.69, 9.17) is 0 Å². The van der Waals surface area contributed by atoms with Crippen LogP contribution in [0.2, 0.25) is 0 Å². The van der Waals surface area contributed by atoms with E-state index in [0.717, 1.165) is 18.9 Å². The summed E-state index contributed by atoms with van der Waals surface area (Å²) in [6, 6.07) is 5.31. The molecule has 0 heterocycles. The molecule has 0 radical (unpaired) electrons. The van der Waals surface area contributed by atoms with Gasteiger partial charge >= 0.3 is 5.97 Å². The Morgan fingerprint density at radius 2 is 2.22 bits per heavy atom. The summed E-state index contributed by atoms with van der Waals surface area (Å²) in [7, 11) is 0. The van der Waals surface area contributed by atoms with Crippen LogP contribution in [0.15, 0.2) is 24.3 Å². The van der Waals surface area contributed by atoms with E-state index in [1.807, 2.05) is 0 Å². The van der Waals surface area contributed by atoms with Crippen molar-refractivity contribution in [3.63, 3.8) is 0 Å². The molecule has 2 rings (SSSR count). The predicted molar refractivity (Wildman–Crippen MR) is 62.3 cm³/mol. The second kappa shape index (κ2) is 4.40. The van der Waals surface area contributed by atoms with Crippen molar-refractivity contribution >= 4 is 12.4 Å². The number of nitrogens with zero attached hydrogens (tertiary/aromatic N) is 1. The maximum absolute atomic E-state index is 13.2. The lowest BCUT2D eigenvalue weighted by atomic mass is 9.90. The molecule has 1 unspecified atom stereocenters. The maximum atomic E-state index is 13.2. The molecule has 0 bridgehead atoms. The monoisotopic (exact) mass is 251 g/mol. The van der Waals surface area contributed by atoms with Crippen LogP contribution in [0.3, 0.4) is 0 Å². The lowest BCUT2D eigenvalue weighted by molar-refractivity contribution is -0.155. The fraction of sp³-hybridized carbons (Fsp3) is 0.385.